The summed E-state index contributed by atoms with van der Waals surface area (Å²) in [6.07, 6.45) is 8.76. The number of carbonyl (C=O) groups is 1. The van der Waals surface area contributed by atoms with Crippen LogP contribution in [0.5, 0.6) is 0 Å². The molecule has 0 fully saturated rings. The van der Waals surface area contributed by atoms with Crippen molar-refractivity contribution in [2.24, 2.45) is 5.92 Å². The summed E-state index contributed by atoms with van der Waals surface area (Å²) in [5.74, 6) is 0.762. The Balaban J connectivity index is 0. The molecule has 0 saturated heterocycles. The maximum Gasteiger partial charge on any atom is 0.234 e. The molecule has 0 bridgehead atoms. The fourth-order valence-corrected chi connectivity index (χ4v) is 2.35. The van der Waals surface area contributed by atoms with E-state index >= 15 is 0 Å². The number of hydrogen-bond acceptors (Lipinski definition) is 3. The molecule has 0 aromatic rings. The Hall–Kier alpha value is -0.610. The number of hydrogen-bond donors (Lipinski definition) is 2. The first kappa shape index (κ1) is 24.6. The van der Waals surface area contributed by atoms with E-state index in [9.17, 15) is 4.79 Å². The van der Waals surface area contributed by atoms with Crippen molar-refractivity contribution in [3.8, 4) is 0 Å². The lowest BCUT2D eigenvalue weighted by atomic mass is 10.1. The molecule has 140 valence electrons. The van der Waals surface area contributed by atoms with Crippen LogP contribution in [0.3, 0.4) is 0 Å². The minimum Gasteiger partial charge on any atom is -0.355 e. The molecular weight excluding hydrogens is 286 g/mol. The lowest BCUT2D eigenvalue weighted by Crippen LogP contribution is -2.37. The molecule has 0 atom stereocenters. The standard InChI is InChI=1S/C16H35N3O.C3H8/c1-15(2)13-19(4)14-16(20)18-12-10-8-6-5-7-9-11-17-3;1-3-2/h15,17H,5-14H2,1-4H3,(H,18,20);3H2,1-2H3. The lowest BCUT2D eigenvalue weighted by Gasteiger charge is -2.18. The van der Waals surface area contributed by atoms with Crippen LogP contribution in [0.1, 0.15) is 72.6 Å². The molecule has 0 aromatic heterocycles. The summed E-state index contributed by atoms with van der Waals surface area (Å²) in [6, 6.07) is 0. The number of likely N-dealkylation sites (N-methyl/N-ethyl adjacent to an activating group) is 1. The molecule has 0 unspecified atom stereocenters. The Kier molecular flexibility index (Phi) is 20.8. The molecule has 2 N–H and O–H groups in total. The molecule has 4 heteroatoms. The first-order chi connectivity index (χ1) is 11.0. The number of rotatable bonds is 13. The van der Waals surface area contributed by atoms with Crippen molar-refractivity contribution in [2.75, 3.05) is 40.3 Å². The molecule has 4 nitrogen and oxygen atoms in total. The van der Waals surface area contributed by atoms with E-state index in [0.717, 1.165) is 26.1 Å². The predicted octanol–water partition coefficient (Wildman–Crippen LogP) is 3.67. The Morgan fingerprint density at radius 2 is 1.43 bits per heavy atom. The highest BCUT2D eigenvalue weighted by Crippen LogP contribution is 2.04. The molecule has 0 aromatic carbocycles. The van der Waals surface area contributed by atoms with Gasteiger partial charge in [-0.3, -0.25) is 9.69 Å². The van der Waals surface area contributed by atoms with Gasteiger partial charge in [0.1, 0.15) is 0 Å². The summed E-state index contributed by atoms with van der Waals surface area (Å²) in [4.78, 5) is 13.8. The van der Waals surface area contributed by atoms with Gasteiger partial charge in [-0.1, -0.05) is 59.8 Å². The average Bonchev–Trinajstić information content (AvgIpc) is 2.45. The maximum absolute atomic E-state index is 11.7. The highest BCUT2D eigenvalue weighted by Gasteiger charge is 2.06. The highest BCUT2D eigenvalue weighted by atomic mass is 16.2. The third kappa shape index (κ3) is 23.8. The smallest absolute Gasteiger partial charge is 0.234 e. The zero-order chi connectivity index (χ0) is 17.9. The number of amides is 1. The van der Waals surface area contributed by atoms with E-state index in [0.29, 0.717) is 12.5 Å². The summed E-state index contributed by atoms with van der Waals surface area (Å²) < 4.78 is 0. The van der Waals surface area contributed by atoms with Gasteiger partial charge in [0.2, 0.25) is 5.91 Å². The van der Waals surface area contributed by atoms with Gasteiger partial charge in [-0.25, -0.2) is 0 Å². The van der Waals surface area contributed by atoms with Gasteiger partial charge < -0.3 is 10.6 Å². The van der Waals surface area contributed by atoms with Crippen LogP contribution in [-0.4, -0.2) is 51.1 Å². The van der Waals surface area contributed by atoms with Gasteiger partial charge in [-0.2, -0.15) is 0 Å². The largest absolute Gasteiger partial charge is 0.355 e. The monoisotopic (exact) mass is 329 g/mol. The zero-order valence-electron chi connectivity index (χ0n) is 16.7. The van der Waals surface area contributed by atoms with Crippen molar-refractivity contribution < 1.29 is 4.79 Å². The third-order valence-electron chi connectivity index (χ3n) is 3.27. The van der Waals surface area contributed by atoms with Crippen molar-refractivity contribution in [1.82, 2.24) is 15.5 Å². The van der Waals surface area contributed by atoms with E-state index < -0.39 is 0 Å². The topological polar surface area (TPSA) is 44.4 Å². The fourth-order valence-electron chi connectivity index (χ4n) is 2.35. The summed E-state index contributed by atoms with van der Waals surface area (Å²) in [5, 5.41) is 6.17. The molecular formula is C19H43N3O. The van der Waals surface area contributed by atoms with Crippen molar-refractivity contribution in [1.29, 1.82) is 0 Å². The number of nitrogens with zero attached hydrogens (tertiary/aromatic N) is 1. The van der Waals surface area contributed by atoms with Crippen molar-refractivity contribution in [2.45, 2.75) is 72.6 Å². The van der Waals surface area contributed by atoms with Crippen LogP contribution in [0.15, 0.2) is 0 Å². The van der Waals surface area contributed by atoms with Crippen LogP contribution in [0.4, 0.5) is 0 Å². The molecule has 0 rings (SSSR count). The minimum absolute atomic E-state index is 0.155. The van der Waals surface area contributed by atoms with Gasteiger partial charge in [-0.05, 0) is 39.4 Å². The SMILES string of the molecule is CCC.CNCCCCCCCCNC(=O)CN(C)CC(C)C. The normalized spacial score (nSPS) is 10.6. The van der Waals surface area contributed by atoms with Gasteiger partial charge in [0.15, 0.2) is 0 Å². The van der Waals surface area contributed by atoms with E-state index in [-0.39, 0.29) is 5.91 Å². The van der Waals surface area contributed by atoms with Crippen molar-refractivity contribution >= 4 is 5.91 Å². The summed E-state index contributed by atoms with van der Waals surface area (Å²) in [6.45, 7) is 12.0. The number of carbonyl (C=O) groups excluding carboxylic acids is 1. The molecule has 0 heterocycles. The zero-order valence-corrected chi connectivity index (χ0v) is 16.7. The highest BCUT2D eigenvalue weighted by molar-refractivity contribution is 5.77. The molecule has 0 aliphatic heterocycles. The van der Waals surface area contributed by atoms with Gasteiger partial charge in [0.05, 0.1) is 6.54 Å². The summed E-state index contributed by atoms with van der Waals surface area (Å²) in [7, 11) is 4.01. The molecule has 0 radical (unpaired) electrons. The van der Waals surface area contributed by atoms with Gasteiger partial charge in [-0.15, -0.1) is 0 Å². The van der Waals surface area contributed by atoms with Crippen LogP contribution in [-0.2, 0) is 4.79 Å². The Labute approximate surface area is 145 Å². The molecule has 0 aliphatic carbocycles. The quantitative estimate of drug-likeness (QED) is 0.507. The Morgan fingerprint density at radius 3 is 1.91 bits per heavy atom. The lowest BCUT2D eigenvalue weighted by molar-refractivity contribution is -0.122. The van der Waals surface area contributed by atoms with Gasteiger partial charge in [0, 0.05) is 13.1 Å². The second kappa shape index (κ2) is 19.4. The van der Waals surface area contributed by atoms with Crippen molar-refractivity contribution in [3.05, 3.63) is 0 Å². The van der Waals surface area contributed by atoms with Crippen LogP contribution >= 0.6 is 0 Å². The molecule has 23 heavy (non-hydrogen) atoms. The summed E-state index contributed by atoms with van der Waals surface area (Å²) in [5.41, 5.74) is 0. The van der Waals surface area contributed by atoms with Crippen LogP contribution < -0.4 is 10.6 Å². The Morgan fingerprint density at radius 1 is 0.957 bits per heavy atom. The molecule has 0 spiro atoms. The first-order valence-electron chi connectivity index (χ1n) is 9.57. The Bertz CT molecular complexity index is 245. The van der Waals surface area contributed by atoms with E-state index in [2.05, 4.69) is 43.2 Å². The fraction of sp³-hybridized carbons (Fsp3) is 0.947. The van der Waals surface area contributed by atoms with E-state index in [1.807, 2.05) is 14.1 Å². The molecule has 1 amide bonds. The van der Waals surface area contributed by atoms with Gasteiger partial charge >= 0.3 is 0 Å². The van der Waals surface area contributed by atoms with E-state index in [1.54, 1.807) is 0 Å². The van der Waals surface area contributed by atoms with Crippen LogP contribution in [0.25, 0.3) is 0 Å². The minimum atomic E-state index is 0.155. The second-order valence-corrected chi connectivity index (χ2v) is 6.87. The second-order valence-electron chi connectivity index (χ2n) is 6.87. The van der Waals surface area contributed by atoms with E-state index in [4.69, 9.17) is 0 Å². The van der Waals surface area contributed by atoms with Gasteiger partial charge in [0.25, 0.3) is 0 Å². The number of unbranched alkanes of at least 4 members (excludes halogenated alkanes) is 5. The predicted molar refractivity (Wildman–Crippen MR) is 103 cm³/mol. The summed E-state index contributed by atoms with van der Waals surface area (Å²) >= 11 is 0. The molecule has 0 aliphatic rings. The average molecular weight is 330 g/mol. The van der Waals surface area contributed by atoms with Crippen LogP contribution in [0, 0.1) is 5.92 Å². The first-order valence-corrected chi connectivity index (χ1v) is 9.57. The van der Waals surface area contributed by atoms with Crippen LogP contribution in [0.2, 0.25) is 0 Å². The third-order valence-corrected chi connectivity index (χ3v) is 3.27. The van der Waals surface area contributed by atoms with Crippen molar-refractivity contribution in [3.63, 3.8) is 0 Å². The maximum atomic E-state index is 11.7. The molecule has 0 saturated carbocycles. The van der Waals surface area contributed by atoms with E-state index in [1.165, 1.54) is 38.5 Å². The number of nitrogens with one attached hydrogen (secondary N) is 2.